The zero-order valence-electron chi connectivity index (χ0n) is 20.5. The van der Waals surface area contributed by atoms with Crippen LogP contribution in [-0.2, 0) is 22.7 Å². The standard InChI is InChI=1S/C23H27F4N7O3S/c1-22(2,35)13-34-12-14(10-30-34)20-17(23(25,26)27)11-29-21(32-20)31-19-4-3-16(9-18(19)24)38(36,37)33-15-5-7-28-8-6-15/h3-4,9-12,15,28,33,35H,5-8,13H2,1-2H3,(H,29,31,32). The number of benzene rings is 1. The maximum atomic E-state index is 14.9. The van der Waals surface area contributed by atoms with Crippen LogP contribution in [0, 0.1) is 5.82 Å². The van der Waals surface area contributed by atoms with Crippen molar-refractivity contribution < 1.29 is 31.1 Å². The molecule has 3 heterocycles. The Morgan fingerprint density at radius 1 is 1.18 bits per heavy atom. The minimum atomic E-state index is -4.78. The van der Waals surface area contributed by atoms with Gasteiger partial charge in [-0.05, 0) is 58.0 Å². The van der Waals surface area contributed by atoms with E-state index in [0.29, 0.717) is 32.1 Å². The van der Waals surface area contributed by atoms with Gasteiger partial charge in [-0.25, -0.2) is 27.5 Å². The molecular weight excluding hydrogens is 530 g/mol. The molecule has 1 saturated heterocycles. The first-order valence-electron chi connectivity index (χ1n) is 11.7. The van der Waals surface area contributed by atoms with Gasteiger partial charge in [-0.1, -0.05) is 0 Å². The number of nitrogens with one attached hydrogen (secondary N) is 3. The number of sulfonamides is 1. The van der Waals surface area contributed by atoms with Gasteiger partial charge in [0, 0.05) is 24.0 Å². The minimum Gasteiger partial charge on any atom is -0.389 e. The van der Waals surface area contributed by atoms with Gasteiger partial charge < -0.3 is 15.7 Å². The highest BCUT2D eigenvalue weighted by Crippen LogP contribution is 2.36. The number of alkyl halides is 3. The Morgan fingerprint density at radius 2 is 1.89 bits per heavy atom. The minimum absolute atomic E-state index is 0.0120. The van der Waals surface area contributed by atoms with E-state index >= 15 is 0 Å². The van der Waals surface area contributed by atoms with E-state index in [-0.39, 0.29) is 34.7 Å². The highest BCUT2D eigenvalue weighted by molar-refractivity contribution is 7.89. The molecule has 38 heavy (non-hydrogen) atoms. The fourth-order valence-corrected chi connectivity index (χ4v) is 5.27. The fourth-order valence-electron chi connectivity index (χ4n) is 3.95. The van der Waals surface area contributed by atoms with E-state index in [9.17, 15) is 31.1 Å². The number of aromatic nitrogens is 4. The van der Waals surface area contributed by atoms with Crippen molar-refractivity contribution in [2.45, 2.75) is 55.9 Å². The van der Waals surface area contributed by atoms with Crippen LogP contribution >= 0.6 is 0 Å². The summed E-state index contributed by atoms with van der Waals surface area (Å²) in [4.78, 5) is 7.33. The molecule has 3 aromatic rings. The monoisotopic (exact) mass is 557 g/mol. The molecule has 0 saturated carbocycles. The molecule has 0 aliphatic carbocycles. The second-order valence-electron chi connectivity index (χ2n) is 9.60. The van der Waals surface area contributed by atoms with Crippen LogP contribution in [0.1, 0.15) is 32.3 Å². The molecule has 4 rings (SSSR count). The summed E-state index contributed by atoms with van der Waals surface area (Å²) in [7, 11) is -3.98. The van der Waals surface area contributed by atoms with Crippen molar-refractivity contribution in [1.82, 2.24) is 29.8 Å². The first-order valence-corrected chi connectivity index (χ1v) is 13.2. The summed E-state index contributed by atoms with van der Waals surface area (Å²) in [6, 6.07) is 2.88. The van der Waals surface area contributed by atoms with E-state index in [1.807, 2.05) is 0 Å². The third-order valence-corrected chi connectivity index (χ3v) is 7.23. The zero-order chi connectivity index (χ0) is 27.7. The van der Waals surface area contributed by atoms with Crippen LogP contribution in [0.25, 0.3) is 11.3 Å². The third-order valence-electron chi connectivity index (χ3n) is 5.71. The molecule has 0 spiro atoms. The number of rotatable bonds is 8. The second kappa shape index (κ2) is 10.6. The quantitative estimate of drug-likeness (QED) is 0.311. The van der Waals surface area contributed by atoms with Gasteiger partial charge in [0.25, 0.3) is 0 Å². The van der Waals surface area contributed by atoms with Crippen molar-refractivity contribution in [2.24, 2.45) is 0 Å². The van der Waals surface area contributed by atoms with Crippen molar-refractivity contribution in [3.8, 4) is 11.3 Å². The summed E-state index contributed by atoms with van der Waals surface area (Å²) >= 11 is 0. The Bertz CT molecular complexity index is 1400. The molecule has 0 atom stereocenters. The van der Waals surface area contributed by atoms with Crippen molar-refractivity contribution in [2.75, 3.05) is 18.4 Å². The molecule has 0 bridgehead atoms. The van der Waals surface area contributed by atoms with Gasteiger partial charge in [0.1, 0.15) is 11.4 Å². The fraction of sp³-hybridized carbons (Fsp3) is 0.435. The molecule has 0 unspecified atom stereocenters. The van der Waals surface area contributed by atoms with Gasteiger partial charge >= 0.3 is 6.18 Å². The molecule has 4 N–H and O–H groups in total. The van der Waals surface area contributed by atoms with E-state index in [1.165, 1.54) is 37.0 Å². The molecule has 206 valence electrons. The number of halogens is 4. The largest absolute Gasteiger partial charge is 0.419 e. The summed E-state index contributed by atoms with van der Waals surface area (Å²) in [6.45, 7) is 4.41. The maximum absolute atomic E-state index is 14.9. The Labute approximate surface area is 216 Å². The molecule has 10 nitrogen and oxygen atoms in total. The van der Waals surface area contributed by atoms with Crippen LogP contribution in [-0.4, -0.2) is 58.0 Å². The second-order valence-corrected chi connectivity index (χ2v) is 11.3. The van der Waals surface area contributed by atoms with Crippen LogP contribution in [0.5, 0.6) is 0 Å². The van der Waals surface area contributed by atoms with Crippen LogP contribution < -0.4 is 15.4 Å². The van der Waals surface area contributed by atoms with Gasteiger partial charge in [0.2, 0.25) is 16.0 Å². The first-order chi connectivity index (χ1) is 17.7. The maximum Gasteiger partial charge on any atom is 0.419 e. The number of anilines is 2. The zero-order valence-corrected chi connectivity index (χ0v) is 21.4. The molecule has 0 radical (unpaired) electrons. The predicted molar refractivity (Wildman–Crippen MR) is 130 cm³/mol. The lowest BCUT2D eigenvalue weighted by atomic mass is 10.1. The summed E-state index contributed by atoms with van der Waals surface area (Å²) in [5.41, 5.74) is -3.00. The lowest BCUT2D eigenvalue weighted by Gasteiger charge is -2.23. The Kier molecular flexibility index (Phi) is 7.74. The van der Waals surface area contributed by atoms with Crippen LogP contribution in [0.2, 0.25) is 0 Å². The first kappa shape index (κ1) is 27.9. The van der Waals surface area contributed by atoms with Gasteiger partial charge in [0.05, 0.1) is 34.6 Å². The molecule has 1 fully saturated rings. The summed E-state index contributed by atoms with van der Waals surface area (Å²) in [6.07, 6.45) is -0.540. The smallest absolute Gasteiger partial charge is 0.389 e. The van der Waals surface area contributed by atoms with E-state index in [4.69, 9.17) is 0 Å². The van der Waals surface area contributed by atoms with Gasteiger partial charge in [-0.3, -0.25) is 4.68 Å². The molecule has 15 heteroatoms. The molecule has 1 aliphatic heterocycles. The topological polar surface area (TPSA) is 134 Å². The predicted octanol–water partition coefficient (Wildman–Crippen LogP) is 3.04. The molecular formula is C23H27F4N7O3S. The number of aliphatic hydroxyl groups is 1. The van der Waals surface area contributed by atoms with Crippen LogP contribution in [0.3, 0.4) is 0 Å². The summed E-state index contributed by atoms with van der Waals surface area (Å²) < 4.78 is 85.0. The Balaban J connectivity index is 1.59. The third kappa shape index (κ3) is 6.83. The van der Waals surface area contributed by atoms with Crippen LogP contribution in [0.15, 0.2) is 41.7 Å². The average Bonchev–Trinajstić information content (AvgIpc) is 3.26. The lowest BCUT2D eigenvalue weighted by Crippen LogP contribution is -2.42. The Morgan fingerprint density at radius 3 is 2.53 bits per heavy atom. The normalized spacial score (nSPS) is 15.6. The number of nitrogens with zero attached hydrogens (tertiary/aromatic N) is 4. The van der Waals surface area contributed by atoms with Crippen LogP contribution in [0.4, 0.5) is 29.2 Å². The van der Waals surface area contributed by atoms with E-state index in [2.05, 4.69) is 30.4 Å². The lowest BCUT2D eigenvalue weighted by molar-refractivity contribution is -0.137. The summed E-state index contributed by atoms with van der Waals surface area (Å²) in [5, 5.41) is 19.6. The summed E-state index contributed by atoms with van der Waals surface area (Å²) in [5.74, 6) is -1.30. The van der Waals surface area contributed by atoms with E-state index in [0.717, 1.165) is 12.1 Å². The van der Waals surface area contributed by atoms with Crippen molar-refractivity contribution >= 4 is 21.7 Å². The highest BCUT2D eigenvalue weighted by Gasteiger charge is 2.36. The van der Waals surface area contributed by atoms with E-state index in [1.54, 1.807) is 0 Å². The van der Waals surface area contributed by atoms with E-state index < -0.39 is 38.9 Å². The molecule has 0 amide bonds. The number of hydrogen-bond donors (Lipinski definition) is 4. The number of piperidine rings is 1. The molecule has 1 aromatic carbocycles. The Hall–Kier alpha value is -3.14. The highest BCUT2D eigenvalue weighted by atomic mass is 32.2. The number of hydrogen-bond acceptors (Lipinski definition) is 8. The SMILES string of the molecule is CC(C)(O)Cn1cc(-c2nc(Nc3ccc(S(=O)(=O)NC4CCNCC4)cc3F)ncc2C(F)(F)F)cn1. The van der Waals surface area contributed by atoms with Gasteiger partial charge in [0.15, 0.2) is 0 Å². The molecule has 2 aromatic heterocycles. The van der Waals surface area contributed by atoms with Crippen molar-refractivity contribution in [1.29, 1.82) is 0 Å². The van der Waals surface area contributed by atoms with Gasteiger partial charge in [-0.15, -0.1) is 0 Å². The average molecular weight is 558 g/mol. The van der Waals surface area contributed by atoms with Crippen molar-refractivity contribution in [3.05, 3.63) is 48.2 Å². The van der Waals surface area contributed by atoms with Gasteiger partial charge in [-0.2, -0.15) is 18.3 Å². The van der Waals surface area contributed by atoms with Crippen molar-refractivity contribution in [3.63, 3.8) is 0 Å². The molecule has 1 aliphatic rings.